The van der Waals surface area contributed by atoms with Crippen LogP contribution in [0.4, 0.5) is 39.7 Å². The van der Waals surface area contributed by atoms with Crippen molar-refractivity contribution in [1.29, 1.82) is 0 Å². The highest BCUT2D eigenvalue weighted by Crippen LogP contribution is 2.38. The highest BCUT2D eigenvalue weighted by molar-refractivity contribution is 7.90. The van der Waals surface area contributed by atoms with Crippen LogP contribution < -0.4 is 34.0 Å². The molecule has 3 N–H and O–H groups in total. The summed E-state index contributed by atoms with van der Waals surface area (Å²) in [4.78, 5) is 52.2. The minimum absolute atomic E-state index is 0.0715. The monoisotopic (exact) mass is 1010 g/mol. The highest BCUT2D eigenvalue weighted by Gasteiger charge is 2.32. The van der Waals surface area contributed by atoms with E-state index >= 15 is 0 Å². The fourth-order valence-corrected chi connectivity index (χ4v) is 8.74. The molecule has 0 radical (unpaired) electrons. The minimum Gasteiger partial charge on any atom is -0.494 e. The van der Waals surface area contributed by atoms with Crippen LogP contribution >= 0.6 is 34.7 Å². The number of anilines is 2. The van der Waals surface area contributed by atoms with Gasteiger partial charge < -0.3 is 23.9 Å². The Labute approximate surface area is 394 Å². The third kappa shape index (κ3) is 13.3. The molecule has 0 atom stereocenters. The zero-order chi connectivity index (χ0) is 49.4. The van der Waals surface area contributed by atoms with Gasteiger partial charge in [-0.15, -0.1) is 6.42 Å². The van der Waals surface area contributed by atoms with Crippen molar-refractivity contribution in [2.24, 2.45) is 10.4 Å². The number of benzene rings is 3. The normalized spacial score (nSPS) is 13.9. The summed E-state index contributed by atoms with van der Waals surface area (Å²) in [7, 11) is -1.81. The van der Waals surface area contributed by atoms with Crippen molar-refractivity contribution in [2.75, 3.05) is 37.6 Å². The molecule has 5 aromatic rings. The quantitative estimate of drug-likeness (QED) is 0.0934. The molecule has 26 heteroatoms. The van der Waals surface area contributed by atoms with Crippen LogP contribution in [0.1, 0.15) is 47.8 Å². The number of halogens is 6. The van der Waals surface area contributed by atoms with E-state index in [1.807, 2.05) is 4.57 Å². The predicted molar refractivity (Wildman–Crippen MR) is 237 cm³/mol. The highest BCUT2D eigenvalue weighted by atomic mass is 35.5. The van der Waals surface area contributed by atoms with E-state index in [4.69, 9.17) is 48.9 Å². The number of aryl methyl sites for hydroxylation is 2. The molecule has 0 saturated heterocycles. The molecule has 0 fully saturated rings. The Kier molecular flexibility index (Phi) is 16.4. The molecule has 18 nitrogen and oxygen atoms in total. The third-order valence-corrected chi connectivity index (χ3v) is 12.0. The van der Waals surface area contributed by atoms with Crippen LogP contribution in [-0.4, -0.2) is 88.9 Å². The van der Waals surface area contributed by atoms with Crippen molar-refractivity contribution in [3.05, 3.63) is 92.0 Å². The van der Waals surface area contributed by atoms with Crippen molar-refractivity contribution in [1.82, 2.24) is 28.6 Å². The Morgan fingerprint density at radius 3 is 2.43 bits per heavy atom. The number of sulfonamides is 1. The average molecular weight is 1010 g/mol. The second kappa shape index (κ2) is 21.4. The van der Waals surface area contributed by atoms with E-state index < -0.39 is 51.8 Å². The average Bonchev–Trinajstić information content (AvgIpc) is 3.76. The second-order valence-corrected chi connectivity index (χ2v) is 18.1. The lowest BCUT2D eigenvalue weighted by Crippen LogP contribution is -2.39. The van der Waals surface area contributed by atoms with Gasteiger partial charge in [-0.05, 0) is 48.6 Å². The second-order valence-electron chi connectivity index (χ2n) is 14.9. The maximum Gasteiger partial charge on any atom is 0.389 e. The number of hydrogen-bond acceptors (Lipinski definition) is 14. The number of aromatic carboxylic acids is 1. The Hall–Kier alpha value is -6.55. The van der Waals surface area contributed by atoms with Gasteiger partial charge in [0.1, 0.15) is 28.6 Å². The number of carboxylic acid groups (broad SMARTS) is 1. The standard InChI is InChI=1S/C18H17FN4O2S.C15H16F3N5O4S.C8H6Cl2O3/c1-4-5-22-13-7-12(11(19)6-14(13)25-9-16(22)24)20-17-23-10-18(2,3)8-15(23)21-26-17;1-9-19-12(22-14(20-9)27-2)21-13(24)23-28(25,26)11-6-4-3-5-10(11)7-8-15(16,17)18;1-13-7-5(10)3-2-4(9)6(7)8(11)12/h1,6-7H,5,8-10H2,2-3H3;3-6H,7-8H2,1-2H3,(H2,19,20,21,22,23,24);2-3H,1H3,(H,11,12)/b20-17-;;. The number of terminal acetylenes is 1. The van der Waals surface area contributed by atoms with Crippen molar-refractivity contribution in [3.8, 4) is 29.9 Å². The van der Waals surface area contributed by atoms with E-state index in [-0.39, 0.29) is 74.9 Å². The predicted octanol–water partition coefficient (Wildman–Crippen LogP) is 7.15. The molecule has 0 unspecified atom stereocenters. The number of nitrogens with zero attached hydrogens (tertiary/aromatic N) is 7. The molecule has 7 rings (SSSR count). The van der Waals surface area contributed by atoms with Crippen LogP contribution in [-0.2, 0) is 34.2 Å². The first kappa shape index (κ1) is 51.4. The van der Waals surface area contributed by atoms with Crippen molar-refractivity contribution >= 4 is 80.0 Å². The number of hydrogen-bond donors (Lipinski definition) is 3. The number of methoxy groups -OCH3 is 2. The molecule has 2 aliphatic heterocycles. The van der Waals surface area contributed by atoms with Crippen LogP contribution in [0.3, 0.4) is 0 Å². The van der Waals surface area contributed by atoms with Gasteiger partial charge >= 0.3 is 24.2 Å². The molecule has 2 aromatic heterocycles. The first-order chi connectivity index (χ1) is 31.4. The van der Waals surface area contributed by atoms with E-state index in [9.17, 15) is 40.4 Å². The number of carbonyl (C=O) groups excluding carboxylic acids is 2. The van der Waals surface area contributed by atoms with Crippen molar-refractivity contribution in [2.45, 2.75) is 57.7 Å². The first-order valence-corrected chi connectivity index (χ1v) is 22.3. The third-order valence-electron chi connectivity index (χ3n) is 9.21. The first-order valence-electron chi connectivity index (χ1n) is 19.3. The number of alkyl halides is 3. The topological polar surface area (TPSA) is 229 Å². The van der Waals surface area contributed by atoms with Crippen LogP contribution in [0, 0.1) is 30.5 Å². The van der Waals surface area contributed by atoms with Crippen LogP contribution in [0.25, 0.3) is 0 Å². The molecular weight excluding hydrogens is 974 g/mol. The largest absolute Gasteiger partial charge is 0.494 e. The van der Waals surface area contributed by atoms with Crippen LogP contribution in [0.5, 0.6) is 17.5 Å². The van der Waals surface area contributed by atoms with Gasteiger partial charge in [-0.3, -0.25) is 15.0 Å². The summed E-state index contributed by atoms with van der Waals surface area (Å²) in [5.74, 6) is 1.79. The SMILES string of the molecule is C#CCN1C(=O)COc2cc(F)c(/N=c3\snc4n3CC(C)(C)C4)cc21.COc1c(Cl)ccc(Cl)c1C(=O)O.COc1nc(C)nc(NC(=O)NS(=O)(=O)c2ccccc2CCC(F)(F)F)n1. The molecule has 3 aromatic carbocycles. The minimum atomic E-state index is -4.45. The van der Waals surface area contributed by atoms with E-state index in [2.05, 4.69) is 49.4 Å². The Morgan fingerprint density at radius 1 is 1.09 bits per heavy atom. The number of aromatic nitrogens is 5. The van der Waals surface area contributed by atoms with E-state index in [0.717, 1.165) is 24.9 Å². The molecule has 356 valence electrons. The molecule has 0 spiro atoms. The lowest BCUT2D eigenvalue weighted by molar-refractivity contribution is -0.134. The van der Waals surface area contributed by atoms with E-state index in [1.165, 1.54) is 80.0 Å². The van der Waals surface area contributed by atoms with Gasteiger partial charge in [-0.25, -0.2) is 32.1 Å². The van der Waals surface area contributed by atoms with Gasteiger partial charge in [0.25, 0.3) is 15.9 Å². The summed E-state index contributed by atoms with van der Waals surface area (Å²) < 4.78 is 99.9. The Morgan fingerprint density at radius 2 is 1.79 bits per heavy atom. The number of ether oxygens (including phenoxy) is 3. The number of urea groups is 1. The fraction of sp³-hybridized carbons (Fsp3) is 0.317. The maximum absolute atomic E-state index is 14.5. The maximum atomic E-state index is 14.5. The van der Waals surface area contributed by atoms with Crippen LogP contribution in [0.2, 0.25) is 10.0 Å². The molecule has 2 aliphatic rings. The molecule has 3 amide bonds. The Bertz CT molecular complexity index is 2930. The molecule has 0 bridgehead atoms. The number of amides is 3. The summed E-state index contributed by atoms with van der Waals surface area (Å²) in [6.45, 7) is 6.56. The number of carbonyl (C=O) groups is 3. The Balaban J connectivity index is 0.000000200. The van der Waals surface area contributed by atoms with E-state index in [1.54, 1.807) is 4.72 Å². The summed E-state index contributed by atoms with van der Waals surface area (Å²) in [5.41, 5.74) is 0.492. The molecule has 0 saturated carbocycles. The summed E-state index contributed by atoms with van der Waals surface area (Å²) >= 11 is 12.6. The fourth-order valence-electron chi connectivity index (χ4n) is 6.34. The summed E-state index contributed by atoms with van der Waals surface area (Å²) in [6.07, 6.45) is 0.0207. The van der Waals surface area contributed by atoms with Gasteiger partial charge in [0.15, 0.2) is 18.2 Å². The number of fused-ring (bicyclic) bond motifs is 2. The summed E-state index contributed by atoms with van der Waals surface area (Å²) in [5, 5.41) is 11.2. The molecular formula is C41H39Cl2F4N9O9S2. The smallest absolute Gasteiger partial charge is 0.389 e. The lowest BCUT2D eigenvalue weighted by atomic mass is 9.92. The number of nitrogens with one attached hydrogen (secondary N) is 2. The van der Waals surface area contributed by atoms with Crippen molar-refractivity contribution in [3.63, 3.8) is 0 Å². The van der Waals surface area contributed by atoms with Gasteiger partial charge in [0, 0.05) is 37.0 Å². The van der Waals surface area contributed by atoms with Gasteiger partial charge in [-0.1, -0.05) is 61.2 Å². The van der Waals surface area contributed by atoms with Crippen molar-refractivity contribution < 1.29 is 59.7 Å². The lowest BCUT2D eigenvalue weighted by Gasteiger charge is -2.28. The molecule has 0 aliphatic carbocycles. The van der Waals surface area contributed by atoms with Gasteiger partial charge in [0.2, 0.25) is 10.7 Å². The van der Waals surface area contributed by atoms with Gasteiger partial charge in [0.05, 0.1) is 41.4 Å². The number of carboxylic acids is 1. The molecule has 67 heavy (non-hydrogen) atoms. The zero-order valence-corrected chi connectivity index (χ0v) is 39.0. The van der Waals surface area contributed by atoms with E-state index in [0.29, 0.717) is 16.2 Å². The number of rotatable bonds is 10. The van der Waals surface area contributed by atoms with Gasteiger partial charge in [-0.2, -0.15) is 32.5 Å². The molecule has 4 heterocycles. The zero-order valence-electron chi connectivity index (χ0n) is 35.9. The summed E-state index contributed by atoms with van der Waals surface area (Å²) in [6, 6.07) is 9.46. The van der Waals surface area contributed by atoms with Crippen LogP contribution in [0.15, 0.2) is 58.4 Å².